The molecule has 0 aliphatic rings. The van der Waals surface area contributed by atoms with Crippen LogP contribution in [0.25, 0.3) is 22.3 Å². The molecule has 7 heteroatoms. The number of benzene rings is 1. The summed E-state index contributed by atoms with van der Waals surface area (Å²) < 4.78 is 5.23. The number of carbonyl (C=O) groups excluding carboxylic acids is 1. The van der Waals surface area contributed by atoms with Crippen molar-refractivity contribution >= 4 is 33.8 Å². The summed E-state index contributed by atoms with van der Waals surface area (Å²) in [6, 6.07) is 9.61. The van der Waals surface area contributed by atoms with Crippen LogP contribution in [0, 0.1) is 6.92 Å². The third-order valence-electron chi connectivity index (χ3n) is 4.06. The highest BCUT2D eigenvalue weighted by Crippen LogP contribution is 2.25. The second kappa shape index (κ2) is 7.05. The first-order valence-electron chi connectivity index (χ1n) is 8.20. The Hall–Kier alpha value is -3.06. The summed E-state index contributed by atoms with van der Waals surface area (Å²) in [7, 11) is 0. The maximum Gasteiger partial charge on any atom is 0.227 e. The second-order valence-corrected chi connectivity index (χ2v) is 6.68. The third kappa shape index (κ3) is 3.34. The molecule has 0 saturated heterocycles. The van der Waals surface area contributed by atoms with E-state index in [0.29, 0.717) is 18.1 Å². The zero-order valence-corrected chi connectivity index (χ0v) is 14.9. The molecule has 0 unspecified atom stereocenters. The van der Waals surface area contributed by atoms with Gasteiger partial charge in [0.15, 0.2) is 0 Å². The molecule has 0 bridgehead atoms. The van der Waals surface area contributed by atoms with Crippen molar-refractivity contribution in [2.75, 3.05) is 5.32 Å². The number of fused-ring (bicyclic) bond motifs is 1. The van der Waals surface area contributed by atoms with Gasteiger partial charge in [-0.15, -0.1) is 0 Å². The normalized spacial score (nSPS) is 11.0. The standard InChI is InChI=1S/C19H16N4O2S/c1-12-4-5-15(14-3-2-9-20-18(12)14)21-16(24)6-7-17-22-19(23-25-17)13-8-10-26-11-13/h2-5,8-11H,6-7H2,1H3,(H,21,24). The summed E-state index contributed by atoms with van der Waals surface area (Å²) in [4.78, 5) is 21.0. The third-order valence-corrected chi connectivity index (χ3v) is 4.74. The molecule has 0 aliphatic heterocycles. The van der Waals surface area contributed by atoms with Crippen molar-refractivity contribution in [3.63, 3.8) is 0 Å². The lowest BCUT2D eigenvalue weighted by molar-refractivity contribution is -0.116. The van der Waals surface area contributed by atoms with Crippen molar-refractivity contribution in [3.8, 4) is 11.4 Å². The van der Waals surface area contributed by atoms with Crippen molar-refractivity contribution in [1.29, 1.82) is 0 Å². The first kappa shape index (κ1) is 16.4. The summed E-state index contributed by atoms with van der Waals surface area (Å²) in [5, 5.41) is 11.7. The van der Waals surface area contributed by atoms with Crippen LogP contribution >= 0.6 is 11.3 Å². The molecule has 130 valence electrons. The fourth-order valence-corrected chi connectivity index (χ4v) is 3.36. The van der Waals surface area contributed by atoms with Crippen LogP contribution in [0.3, 0.4) is 0 Å². The van der Waals surface area contributed by atoms with E-state index in [1.54, 1.807) is 17.5 Å². The predicted octanol–water partition coefficient (Wildman–Crippen LogP) is 4.23. The van der Waals surface area contributed by atoms with Gasteiger partial charge in [-0.05, 0) is 42.1 Å². The van der Waals surface area contributed by atoms with Crippen LogP contribution in [0.4, 0.5) is 5.69 Å². The Balaban J connectivity index is 1.43. The number of hydrogen-bond acceptors (Lipinski definition) is 6. The number of aromatic nitrogens is 3. The summed E-state index contributed by atoms with van der Waals surface area (Å²) >= 11 is 1.57. The number of nitrogens with zero attached hydrogens (tertiary/aromatic N) is 3. The Morgan fingerprint density at radius 1 is 1.27 bits per heavy atom. The number of amides is 1. The van der Waals surface area contributed by atoms with Crippen LogP contribution in [0.1, 0.15) is 17.9 Å². The Morgan fingerprint density at radius 3 is 3.04 bits per heavy atom. The smallest absolute Gasteiger partial charge is 0.227 e. The number of pyridine rings is 1. The molecular weight excluding hydrogens is 348 g/mol. The number of thiophene rings is 1. The van der Waals surface area contributed by atoms with Crippen LogP contribution in [-0.2, 0) is 11.2 Å². The summed E-state index contributed by atoms with van der Waals surface area (Å²) in [5.74, 6) is 0.906. The lowest BCUT2D eigenvalue weighted by Gasteiger charge is -2.09. The van der Waals surface area contributed by atoms with E-state index in [1.807, 2.05) is 48.0 Å². The topological polar surface area (TPSA) is 80.9 Å². The number of aryl methyl sites for hydroxylation is 2. The minimum atomic E-state index is -0.103. The SMILES string of the molecule is Cc1ccc(NC(=O)CCc2nc(-c3ccsc3)no2)c2cccnc12. The van der Waals surface area contributed by atoms with E-state index >= 15 is 0 Å². The Labute approximate surface area is 153 Å². The number of rotatable bonds is 5. The number of nitrogens with one attached hydrogen (secondary N) is 1. The highest BCUT2D eigenvalue weighted by molar-refractivity contribution is 7.08. The molecule has 3 aromatic heterocycles. The quantitative estimate of drug-likeness (QED) is 0.573. The van der Waals surface area contributed by atoms with E-state index in [9.17, 15) is 4.79 Å². The van der Waals surface area contributed by atoms with Gasteiger partial charge in [0.25, 0.3) is 0 Å². The average molecular weight is 364 g/mol. The second-order valence-electron chi connectivity index (χ2n) is 5.90. The van der Waals surface area contributed by atoms with Gasteiger partial charge in [-0.25, -0.2) is 0 Å². The molecule has 1 aromatic carbocycles. The molecule has 0 saturated carbocycles. The Bertz CT molecular complexity index is 1060. The predicted molar refractivity (Wildman–Crippen MR) is 101 cm³/mol. The molecule has 3 heterocycles. The van der Waals surface area contributed by atoms with Crippen molar-refractivity contribution in [2.45, 2.75) is 19.8 Å². The summed E-state index contributed by atoms with van der Waals surface area (Å²) in [6.07, 6.45) is 2.41. The maximum absolute atomic E-state index is 12.3. The molecule has 0 atom stereocenters. The Morgan fingerprint density at radius 2 is 2.19 bits per heavy atom. The van der Waals surface area contributed by atoms with E-state index in [1.165, 1.54) is 0 Å². The van der Waals surface area contributed by atoms with Crippen molar-refractivity contribution < 1.29 is 9.32 Å². The van der Waals surface area contributed by atoms with Gasteiger partial charge in [0, 0.05) is 35.4 Å². The van der Waals surface area contributed by atoms with Gasteiger partial charge in [0.05, 0.1) is 11.2 Å². The molecule has 0 fully saturated rings. The number of carbonyl (C=O) groups is 1. The molecule has 26 heavy (non-hydrogen) atoms. The Kier molecular flexibility index (Phi) is 4.45. The fraction of sp³-hybridized carbons (Fsp3) is 0.158. The van der Waals surface area contributed by atoms with Crippen molar-refractivity contribution in [2.24, 2.45) is 0 Å². The van der Waals surface area contributed by atoms with E-state index in [0.717, 1.165) is 27.7 Å². The minimum Gasteiger partial charge on any atom is -0.339 e. The van der Waals surface area contributed by atoms with Gasteiger partial charge in [-0.3, -0.25) is 9.78 Å². The first-order valence-corrected chi connectivity index (χ1v) is 9.14. The van der Waals surface area contributed by atoms with Gasteiger partial charge < -0.3 is 9.84 Å². The zero-order chi connectivity index (χ0) is 17.9. The van der Waals surface area contributed by atoms with Gasteiger partial charge in [-0.1, -0.05) is 11.2 Å². The van der Waals surface area contributed by atoms with Gasteiger partial charge in [0.1, 0.15) is 0 Å². The van der Waals surface area contributed by atoms with Crippen LogP contribution in [0.5, 0.6) is 0 Å². The molecule has 1 N–H and O–H groups in total. The molecule has 0 radical (unpaired) electrons. The highest BCUT2D eigenvalue weighted by Gasteiger charge is 2.12. The number of hydrogen-bond donors (Lipinski definition) is 1. The molecule has 6 nitrogen and oxygen atoms in total. The van der Waals surface area contributed by atoms with Crippen molar-refractivity contribution in [1.82, 2.24) is 15.1 Å². The lowest BCUT2D eigenvalue weighted by Crippen LogP contribution is -2.13. The van der Waals surface area contributed by atoms with Crippen LogP contribution in [0.15, 0.2) is 51.8 Å². The van der Waals surface area contributed by atoms with E-state index in [-0.39, 0.29) is 12.3 Å². The summed E-state index contributed by atoms with van der Waals surface area (Å²) in [6.45, 7) is 2.00. The van der Waals surface area contributed by atoms with Crippen LogP contribution in [-0.4, -0.2) is 21.0 Å². The van der Waals surface area contributed by atoms with E-state index in [2.05, 4.69) is 20.4 Å². The van der Waals surface area contributed by atoms with Crippen LogP contribution < -0.4 is 5.32 Å². The molecule has 4 aromatic rings. The summed E-state index contributed by atoms with van der Waals surface area (Å²) in [5.41, 5.74) is 3.65. The monoisotopic (exact) mass is 364 g/mol. The van der Waals surface area contributed by atoms with Crippen molar-refractivity contribution in [3.05, 3.63) is 58.7 Å². The van der Waals surface area contributed by atoms with Gasteiger partial charge >= 0.3 is 0 Å². The van der Waals surface area contributed by atoms with Gasteiger partial charge in [-0.2, -0.15) is 16.3 Å². The fourth-order valence-electron chi connectivity index (χ4n) is 2.72. The largest absolute Gasteiger partial charge is 0.339 e. The molecule has 0 aliphatic carbocycles. The van der Waals surface area contributed by atoms with E-state index < -0.39 is 0 Å². The zero-order valence-electron chi connectivity index (χ0n) is 14.1. The average Bonchev–Trinajstić information content (AvgIpc) is 3.34. The number of anilines is 1. The molecule has 4 rings (SSSR count). The molecular formula is C19H16N4O2S. The highest BCUT2D eigenvalue weighted by atomic mass is 32.1. The molecule has 0 spiro atoms. The minimum absolute atomic E-state index is 0.103. The first-order chi connectivity index (χ1) is 12.7. The van der Waals surface area contributed by atoms with E-state index in [4.69, 9.17) is 4.52 Å². The van der Waals surface area contributed by atoms with Gasteiger partial charge in [0.2, 0.25) is 17.6 Å². The molecule has 1 amide bonds. The maximum atomic E-state index is 12.3. The van der Waals surface area contributed by atoms with Crippen LogP contribution in [0.2, 0.25) is 0 Å². The lowest BCUT2D eigenvalue weighted by atomic mass is 10.1.